The van der Waals surface area contributed by atoms with Gasteiger partial charge in [-0.3, -0.25) is 0 Å². The van der Waals surface area contributed by atoms with Gasteiger partial charge in [-0.2, -0.15) is 0 Å². The number of hydrogen-bond donors (Lipinski definition) is 1. The van der Waals surface area contributed by atoms with E-state index >= 15 is 0 Å². The molecule has 0 radical (unpaired) electrons. The molecule has 112 valence electrons. The average molecular weight is 278 g/mol. The summed E-state index contributed by atoms with van der Waals surface area (Å²) in [6.07, 6.45) is 2.43. The third kappa shape index (κ3) is 2.27. The molecule has 3 rings (SSSR count). The normalized spacial score (nSPS) is 30.5. The molecule has 1 N–H and O–H groups in total. The van der Waals surface area contributed by atoms with Crippen LogP contribution in [-0.2, 0) is 11.3 Å². The quantitative estimate of drug-likeness (QED) is 0.901. The minimum absolute atomic E-state index is 0.152. The van der Waals surface area contributed by atoms with Crippen LogP contribution < -0.4 is 5.32 Å². The van der Waals surface area contributed by atoms with Crippen LogP contribution in [0.3, 0.4) is 0 Å². The van der Waals surface area contributed by atoms with Crippen LogP contribution in [0, 0.1) is 5.41 Å². The second kappa shape index (κ2) is 5.11. The summed E-state index contributed by atoms with van der Waals surface area (Å²) >= 11 is 0. The number of fused-ring (bicyclic) bond motifs is 1. The topological polar surface area (TPSA) is 52.0 Å². The Morgan fingerprint density at radius 2 is 2.05 bits per heavy atom. The van der Waals surface area contributed by atoms with Gasteiger partial charge in [0.2, 0.25) is 0 Å². The van der Waals surface area contributed by atoms with Crippen molar-refractivity contribution in [2.75, 3.05) is 13.2 Å². The van der Waals surface area contributed by atoms with Crippen LogP contribution in [0.2, 0.25) is 0 Å². The van der Waals surface area contributed by atoms with Crippen molar-refractivity contribution in [3.05, 3.63) is 11.6 Å². The van der Waals surface area contributed by atoms with Crippen LogP contribution in [0.5, 0.6) is 0 Å². The van der Waals surface area contributed by atoms with Crippen LogP contribution in [0.4, 0.5) is 0 Å². The average Bonchev–Trinajstić information content (AvgIpc) is 3.02. The van der Waals surface area contributed by atoms with Gasteiger partial charge in [0.25, 0.3) is 0 Å². The Bertz CT molecular complexity index is 477. The molecule has 3 heterocycles. The van der Waals surface area contributed by atoms with Gasteiger partial charge in [-0.15, -0.1) is 10.2 Å². The molecule has 20 heavy (non-hydrogen) atoms. The third-order valence-corrected chi connectivity index (χ3v) is 4.56. The van der Waals surface area contributed by atoms with E-state index in [-0.39, 0.29) is 11.5 Å². The maximum absolute atomic E-state index is 5.83. The molecule has 5 heteroatoms. The first-order valence-electron chi connectivity index (χ1n) is 7.80. The maximum Gasteiger partial charge on any atom is 0.150 e. The number of ether oxygens (including phenoxy) is 1. The number of aromatic nitrogens is 3. The molecule has 0 amide bonds. The number of rotatable bonds is 2. The number of nitrogens with zero attached hydrogens (tertiary/aromatic N) is 3. The van der Waals surface area contributed by atoms with E-state index in [1.54, 1.807) is 0 Å². The van der Waals surface area contributed by atoms with Crippen molar-refractivity contribution in [1.82, 2.24) is 20.1 Å². The third-order valence-electron chi connectivity index (χ3n) is 4.56. The van der Waals surface area contributed by atoms with Crippen LogP contribution >= 0.6 is 0 Å². The van der Waals surface area contributed by atoms with Gasteiger partial charge in [0.15, 0.2) is 5.82 Å². The molecule has 0 saturated carbocycles. The standard InChI is InChI=1S/C15H26N4O/c1-5-11-10(6-9-20-11)13-17-18-14-12(15(2,3)4)16-7-8-19(13)14/h10-12,16H,5-9H2,1-4H3. The van der Waals surface area contributed by atoms with Gasteiger partial charge >= 0.3 is 0 Å². The highest BCUT2D eigenvalue weighted by Crippen LogP contribution is 2.37. The monoisotopic (exact) mass is 278 g/mol. The fourth-order valence-corrected chi connectivity index (χ4v) is 3.50. The summed E-state index contributed by atoms with van der Waals surface area (Å²) in [6, 6.07) is 0.278. The van der Waals surface area contributed by atoms with Crippen molar-refractivity contribution >= 4 is 0 Å². The summed E-state index contributed by atoms with van der Waals surface area (Å²) in [7, 11) is 0. The zero-order valence-electron chi connectivity index (χ0n) is 13.0. The van der Waals surface area contributed by atoms with Crippen molar-refractivity contribution in [3.8, 4) is 0 Å². The van der Waals surface area contributed by atoms with Crippen LogP contribution in [-0.4, -0.2) is 34.0 Å². The fraction of sp³-hybridized carbons (Fsp3) is 0.867. The second-order valence-corrected chi connectivity index (χ2v) is 7.03. The Kier molecular flexibility index (Phi) is 3.58. The van der Waals surface area contributed by atoms with E-state index in [9.17, 15) is 0 Å². The molecule has 1 fully saturated rings. The van der Waals surface area contributed by atoms with Crippen molar-refractivity contribution in [2.24, 2.45) is 5.41 Å². The molecule has 3 unspecified atom stereocenters. The number of hydrogen-bond acceptors (Lipinski definition) is 4. The minimum atomic E-state index is 0.152. The lowest BCUT2D eigenvalue weighted by atomic mass is 9.85. The van der Waals surface area contributed by atoms with Gasteiger partial charge < -0.3 is 14.6 Å². The first-order chi connectivity index (χ1) is 9.52. The van der Waals surface area contributed by atoms with Gasteiger partial charge in [0.1, 0.15) is 5.82 Å². The first-order valence-corrected chi connectivity index (χ1v) is 7.80. The Morgan fingerprint density at radius 1 is 1.30 bits per heavy atom. The first kappa shape index (κ1) is 14.0. The summed E-state index contributed by atoms with van der Waals surface area (Å²) < 4.78 is 8.17. The van der Waals surface area contributed by atoms with Gasteiger partial charge in [0.05, 0.1) is 12.1 Å². The van der Waals surface area contributed by atoms with Crippen molar-refractivity contribution in [1.29, 1.82) is 0 Å². The summed E-state index contributed by atoms with van der Waals surface area (Å²) in [5.41, 5.74) is 0.152. The Hall–Kier alpha value is -0.940. The molecule has 3 atom stereocenters. The molecule has 5 nitrogen and oxygen atoms in total. The van der Waals surface area contributed by atoms with E-state index in [0.29, 0.717) is 12.0 Å². The lowest BCUT2D eigenvalue weighted by Crippen LogP contribution is -2.41. The van der Waals surface area contributed by atoms with E-state index in [2.05, 4.69) is 47.8 Å². The predicted molar refractivity (Wildman–Crippen MR) is 77.6 cm³/mol. The van der Waals surface area contributed by atoms with E-state index in [1.807, 2.05) is 0 Å². The SMILES string of the molecule is CCC1OCCC1c1nnc2n1CCNC2C(C)(C)C. The Labute approximate surface area is 121 Å². The minimum Gasteiger partial charge on any atom is -0.377 e. The van der Waals surface area contributed by atoms with E-state index in [0.717, 1.165) is 44.2 Å². The van der Waals surface area contributed by atoms with Crippen molar-refractivity contribution < 1.29 is 4.74 Å². The lowest BCUT2D eigenvalue weighted by molar-refractivity contribution is 0.0985. The second-order valence-electron chi connectivity index (χ2n) is 7.03. The van der Waals surface area contributed by atoms with Gasteiger partial charge in [0, 0.05) is 25.6 Å². The van der Waals surface area contributed by atoms with Crippen molar-refractivity contribution in [2.45, 2.75) is 65.1 Å². The lowest BCUT2D eigenvalue weighted by Gasteiger charge is -2.35. The Morgan fingerprint density at radius 3 is 2.75 bits per heavy atom. The highest BCUT2D eigenvalue weighted by molar-refractivity contribution is 5.12. The smallest absolute Gasteiger partial charge is 0.150 e. The highest BCUT2D eigenvalue weighted by Gasteiger charge is 2.38. The highest BCUT2D eigenvalue weighted by atomic mass is 16.5. The maximum atomic E-state index is 5.83. The summed E-state index contributed by atoms with van der Waals surface area (Å²) in [5.74, 6) is 2.65. The van der Waals surface area contributed by atoms with E-state index < -0.39 is 0 Å². The zero-order chi connectivity index (χ0) is 14.3. The molecule has 0 spiro atoms. The van der Waals surface area contributed by atoms with Crippen LogP contribution in [0.25, 0.3) is 0 Å². The molecule has 1 saturated heterocycles. The zero-order valence-corrected chi connectivity index (χ0v) is 13.0. The summed E-state index contributed by atoms with van der Waals surface area (Å²) in [6.45, 7) is 11.8. The molecule has 0 aromatic carbocycles. The predicted octanol–water partition coefficient (Wildman–Crippen LogP) is 2.25. The molecule has 0 aliphatic carbocycles. The molecule has 2 aliphatic rings. The van der Waals surface area contributed by atoms with Crippen molar-refractivity contribution in [3.63, 3.8) is 0 Å². The van der Waals surface area contributed by atoms with E-state index in [1.165, 1.54) is 0 Å². The van der Waals surface area contributed by atoms with Crippen LogP contribution in [0.1, 0.15) is 64.1 Å². The summed E-state index contributed by atoms with van der Waals surface area (Å²) in [5, 5.41) is 12.6. The fourth-order valence-electron chi connectivity index (χ4n) is 3.50. The molecular weight excluding hydrogens is 252 g/mol. The van der Waals surface area contributed by atoms with Crippen LogP contribution in [0.15, 0.2) is 0 Å². The Balaban J connectivity index is 1.94. The van der Waals surface area contributed by atoms with E-state index in [4.69, 9.17) is 4.74 Å². The number of nitrogens with one attached hydrogen (secondary N) is 1. The van der Waals surface area contributed by atoms with Gasteiger partial charge in [-0.1, -0.05) is 27.7 Å². The molecule has 2 aliphatic heterocycles. The summed E-state index contributed by atoms with van der Waals surface area (Å²) in [4.78, 5) is 0. The molecule has 0 bridgehead atoms. The van der Waals surface area contributed by atoms with Gasteiger partial charge in [-0.25, -0.2) is 0 Å². The molecule has 1 aromatic rings. The molecular formula is C15H26N4O. The largest absolute Gasteiger partial charge is 0.377 e. The molecule has 1 aromatic heterocycles. The van der Waals surface area contributed by atoms with Gasteiger partial charge in [-0.05, 0) is 18.3 Å².